The van der Waals surface area contributed by atoms with Crippen LogP contribution in [0.4, 0.5) is 5.95 Å². The van der Waals surface area contributed by atoms with E-state index in [4.69, 9.17) is 0 Å². The molecule has 1 aromatic heterocycles. The van der Waals surface area contributed by atoms with Crippen molar-refractivity contribution in [3.8, 4) is 0 Å². The van der Waals surface area contributed by atoms with Gasteiger partial charge in [0.2, 0.25) is 11.9 Å². The van der Waals surface area contributed by atoms with Gasteiger partial charge in [-0.1, -0.05) is 0 Å². The SMILES string of the molecule is O=C1[C@@H]2C[C@@H]2CN1c1ncccn1. The van der Waals surface area contributed by atoms with Crippen molar-refractivity contribution in [3.63, 3.8) is 0 Å². The first-order chi connectivity index (χ1) is 6.36. The lowest BCUT2D eigenvalue weighted by atomic mass is 10.4. The Bertz CT molecular complexity index is 351. The predicted molar refractivity (Wildman–Crippen MR) is 46.0 cm³/mol. The topological polar surface area (TPSA) is 46.1 Å². The number of hydrogen-bond donors (Lipinski definition) is 0. The molecule has 0 radical (unpaired) electrons. The van der Waals surface area contributed by atoms with Gasteiger partial charge in [-0.25, -0.2) is 9.97 Å². The molecule has 2 aliphatic rings. The largest absolute Gasteiger partial charge is 0.280 e. The molecule has 1 aromatic rings. The van der Waals surface area contributed by atoms with Crippen LogP contribution in [0.1, 0.15) is 6.42 Å². The molecule has 2 heterocycles. The number of fused-ring (bicyclic) bond motifs is 1. The van der Waals surface area contributed by atoms with Crippen LogP contribution < -0.4 is 4.90 Å². The summed E-state index contributed by atoms with van der Waals surface area (Å²) in [6.07, 6.45) is 4.40. The van der Waals surface area contributed by atoms with E-state index in [1.54, 1.807) is 23.4 Å². The van der Waals surface area contributed by atoms with E-state index in [9.17, 15) is 4.79 Å². The Morgan fingerprint density at radius 1 is 1.38 bits per heavy atom. The molecule has 0 aromatic carbocycles. The van der Waals surface area contributed by atoms with Gasteiger partial charge in [0.05, 0.1) is 0 Å². The minimum atomic E-state index is 0.205. The zero-order valence-electron chi connectivity index (χ0n) is 7.05. The zero-order valence-corrected chi connectivity index (χ0v) is 7.05. The van der Waals surface area contributed by atoms with E-state index in [1.807, 2.05) is 0 Å². The van der Waals surface area contributed by atoms with E-state index in [1.165, 1.54) is 0 Å². The molecule has 0 unspecified atom stereocenters. The Morgan fingerprint density at radius 3 is 2.77 bits per heavy atom. The molecular formula is C9H9N3O. The van der Waals surface area contributed by atoms with Crippen molar-refractivity contribution in [2.24, 2.45) is 11.8 Å². The Kier molecular flexibility index (Phi) is 1.23. The quantitative estimate of drug-likeness (QED) is 0.623. The van der Waals surface area contributed by atoms with Gasteiger partial charge in [0.15, 0.2) is 0 Å². The van der Waals surface area contributed by atoms with Gasteiger partial charge in [-0.3, -0.25) is 9.69 Å². The Labute approximate surface area is 75.6 Å². The number of hydrogen-bond acceptors (Lipinski definition) is 3. The van der Waals surface area contributed by atoms with Crippen molar-refractivity contribution in [2.75, 3.05) is 11.4 Å². The summed E-state index contributed by atoms with van der Waals surface area (Å²) in [5, 5.41) is 0. The second-order valence-corrected chi connectivity index (χ2v) is 3.60. The molecule has 2 fully saturated rings. The molecule has 1 amide bonds. The van der Waals surface area contributed by atoms with Crippen LogP contribution in [-0.4, -0.2) is 22.4 Å². The van der Waals surface area contributed by atoms with E-state index in [0.29, 0.717) is 11.9 Å². The number of anilines is 1. The molecule has 1 saturated heterocycles. The molecule has 0 N–H and O–H groups in total. The van der Waals surface area contributed by atoms with Gasteiger partial charge in [-0.2, -0.15) is 0 Å². The third kappa shape index (κ3) is 0.946. The summed E-state index contributed by atoms with van der Waals surface area (Å²) in [6, 6.07) is 1.75. The standard InChI is InChI=1S/C9H9N3O/c13-8-7-4-6(7)5-12(8)9-10-2-1-3-11-9/h1-3,6-7H,4-5H2/t6-,7-/m1/s1. The summed E-state index contributed by atoms with van der Waals surface area (Å²) < 4.78 is 0. The van der Waals surface area contributed by atoms with E-state index in [2.05, 4.69) is 9.97 Å². The molecular weight excluding hydrogens is 166 g/mol. The van der Waals surface area contributed by atoms with E-state index in [0.717, 1.165) is 13.0 Å². The van der Waals surface area contributed by atoms with Crippen molar-refractivity contribution in [2.45, 2.75) is 6.42 Å². The number of carbonyl (C=O) groups is 1. The van der Waals surface area contributed by atoms with Crippen molar-refractivity contribution in [1.29, 1.82) is 0 Å². The summed E-state index contributed by atoms with van der Waals surface area (Å²) in [6.45, 7) is 0.813. The fourth-order valence-electron chi connectivity index (χ4n) is 1.89. The lowest BCUT2D eigenvalue weighted by Gasteiger charge is -2.14. The van der Waals surface area contributed by atoms with Crippen LogP contribution in [0.15, 0.2) is 18.5 Å². The maximum absolute atomic E-state index is 11.6. The van der Waals surface area contributed by atoms with Gasteiger partial charge >= 0.3 is 0 Å². The summed E-state index contributed by atoms with van der Waals surface area (Å²) in [7, 11) is 0. The van der Waals surface area contributed by atoms with Gasteiger partial charge in [0, 0.05) is 24.9 Å². The molecule has 1 aliphatic heterocycles. The fraction of sp³-hybridized carbons (Fsp3) is 0.444. The maximum Gasteiger partial charge on any atom is 0.232 e. The van der Waals surface area contributed by atoms with Crippen LogP contribution in [0.3, 0.4) is 0 Å². The lowest BCUT2D eigenvalue weighted by molar-refractivity contribution is -0.118. The lowest BCUT2D eigenvalue weighted by Crippen LogP contribution is -2.29. The number of aromatic nitrogens is 2. The molecule has 3 rings (SSSR count). The van der Waals surface area contributed by atoms with E-state index < -0.39 is 0 Å². The molecule has 1 saturated carbocycles. The van der Waals surface area contributed by atoms with Crippen LogP contribution in [0.2, 0.25) is 0 Å². The Hall–Kier alpha value is -1.45. The van der Waals surface area contributed by atoms with Crippen LogP contribution in [0.5, 0.6) is 0 Å². The van der Waals surface area contributed by atoms with Crippen LogP contribution in [-0.2, 0) is 4.79 Å². The van der Waals surface area contributed by atoms with Crippen LogP contribution >= 0.6 is 0 Å². The van der Waals surface area contributed by atoms with Gasteiger partial charge in [0.1, 0.15) is 0 Å². The first-order valence-corrected chi connectivity index (χ1v) is 4.44. The van der Waals surface area contributed by atoms with Crippen molar-refractivity contribution < 1.29 is 4.79 Å². The summed E-state index contributed by atoms with van der Waals surface area (Å²) in [4.78, 5) is 21.4. The highest BCUT2D eigenvalue weighted by Crippen LogP contribution is 2.46. The average Bonchev–Trinajstić information content (AvgIpc) is 2.88. The van der Waals surface area contributed by atoms with Gasteiger partial charge in [-0.05, 0) is 18.4 Å². The second-order valence-electron chi connectivity index (χ2n) is 3.60. The first kappa shape index (κ1) is 7.00. The van der Waals surface area contributed by atoms with Crippen LogP contribution in [0.25, 0.3) is 0 Å². The van der Waals surface area contributed by atoms with Crippen LogP contribution in [0, 0.1) is 11.8 Å². The number of nitrogens with zero attached hydrogens (tertiary/aromatic N) is 3. The van der Waals surface area contributed by atoms with Crippen molar-refractivity contribution in [3.05, 3.63) is 18.5 Å². The monoisotopic (exact) mass is 175 g/mol. The zero-order chi connectivity index (χ0) is 8.84. The maximum atomic E-state index is 11.6. The summed E-state index contributed by atoms with van der Waals surface area (Å²) >= 11 is 0. The molecule has 0 bridgehead atoms. The van der Waals surface area contributed by atoms with Gasteiger partial charge < -0.3 is 0 Å². The second kappa shape index (κ2) is 2.28. The molecule has 1 aliphatic carbocycles. The first-order valence-electron chi connectivity index (χ1n) is 4.44. The highest BCUT2D eigenvalue weighted by Gasteiger charge is 2.53. The minimum absolute atomic E-state index is 0.205. The van der Waals surface area contributed by atoms with Gasteiger partial charge in [0.25, 0.3) is 0 Å². The predicted octanol–water partition coefficient (Wildman–Crippen LogP) is 0.459. The average molecular weight is 175 g/mol. The molecule has 66 valence electrons. The normalized spacial score (nSPS) is 30.5. The molecule has 2 atom stereocenters. The van der Waals surface area contributed by atoms with E-state index in [-0.39, 0.29) is 11.8 Å². The highest BCUT2D eigenvalue weighted by atomic mass is 16.2. The third-order valence-electron chi connectivity index (χ3n) is 2.72. The molecule has 13 heavy (non-hydrogen) atoms. The molecule has 0 spiro atoms. The molecule has 4 nitrogen and oxygen atoms in total. The van der Waals surface area contributed by atoms with Crippen molar-refractivity contribution >= 4 is 11.9 Å². The highest BCUT2D eigenvalue weighted by molar-refractivity contribution is 5.98. The summed E-state index contributed by atoms with van der Waals surface area (Å²) in [5.41, 5.74) is 0. The fourth-order valence-corrected chi connectivity index (χ4v) is 1.89. The van der Waals surface area contributed by atoms with Gasteiger partial charge in [-0.15, -0.1) is 0 Å². The number of rotatable bonds is 1. The third-order valence-corrected chi connectivity index (χ3v) is 2.72. The number of carbonyl (C=O) groups excluding carboxylic acids is 1. The Morgan fingerprint density at radius 2 is 2.15 bits per heavy atom. The Balaban J connectivity index is 1.91. The minimum Gasteiger partial charge on any atom is -0.280 e. The summed E-state index contributed by atoms with van der Waals surface area (Å²) in [5.74, 6) is 1.62. The van der Waals surface area contributed by atoms with E-state index >= 15 is 0 Å². The smallest absolute Gasteiger partial charge is 0.232 e. The number of piperidine rings is 1. The van der Waals surface area contributed by atoms with Crippen molar-refractivity contribution in [1.82, 2.24) is 9.97 Å². The molecule has 4 heteroatoms. The number of amides is 1.